The second kappa shape index (κ2) is 10.7. The number of hydrazone groups is 1. The number of hydrogen-bond donors (Lipinski definition) is 1. The fraction of sp³-hybridized carbons (Fsp3) is 0.136. The summed E-state index contributed by atoms with van der Waals surface area (Å²) in [5.74, 6) is 1.32. The van der Waals surface area contributed by atoms with E-state index >= 15 is 0 Å². The standard InChI is InChI=1S/C22H19Cl2IN2O2/c1-28-21-11-16(13-27-26-12-15-6-8-18(23)9-7-15)10-20(25)22(21)29-14-17-4-2-3-5-19(17)24/h2-11,13,26H,12,14H2,1H3/b27-13-. The SMILES string of the molecule is COc1cc(/C=N\NCc2ccc(Cl)cc2)cc(I)c1OCc1ccccc1Cl. The maximum Gasteiger partial charge on any atom is 0.174 e. The van der Waals surface area contributed by atoms with Crippen LogP contribution in [0.2, 0.25) is 10.0 Å². The molecule has 1 N–H and O–H groups in total. The number of nitrogens with one attached hydrogen (secondary N) is 1. The lowest BCUT2D eigenvalue weighted by Gasteiger charge is -2.14. The average Bonchev–Trinajstić information content (AvgIpc) is 2.72. The largest absolute Gasteiger partial charge is 0.493 e. The highest BCUT2D eigenvalue weighted by Gasteiger charge is 2.12. The molecule has 0 aliphatic carbocycles. The van der Waals surface area contributed by atoms with Gasteiger partial charge >= 0.3 is 0 Å². The van der Waals surface area contributed by atoms with Gasteiger partial charge in [0.1, 0.15) is 6.61 Å². The van der Waals surface area contributed by atoms with Crippen LogP contribution in [0.3, 0.4) is 0 Å². The minimum absolute atomic E-state index is 0.363. The van der Waals surface area contributed by atoms with Gasteiger partial charge in [0.05, 0.1) is 23.4 Å². The van der Waals surface area contributed by atoms with E-state index < -0.39 is 0 Å². The zero-order valence-electron chi connectivity index (χ0n) is 15.7. The van der Waals surface area contributed by atoms with Gasteiger partial charge in [-0.05, 0) is 64.0 Å². The lowest BCUT2D eigenvalue weighted by atomic mass is 10.2. The van der Waals surface area contributed by atoms with E-state index in [1.165, 1.54) is 0 Å². The van der Waals surface area contributed by atoms with Crippen LogP contribution in [-0.2, 0) is 13.2 Å². The smallest absolute Gasteiger partial charge is 0.174 e. The highest BCUT2D eigenvalue weighted by atomic mass is 127. The average molecular weight is 541 g/mol. The van der Waals surface area contributed by atoms with E-state index in [4.69, 9.17) is 32.7 Å². The van der Waals surface area contributed by atoms with Gasteiger partial charge in [-0.1, -0.05) is 53.5 Å². The fourth-order valence-electron chi connectivity index (χ4n) is 2.58. The van der Waals surface area contributed by atoms with E-state index in [2.05, 4.69) is 33.1 Å². The molecule has 0 unspecified atom stereocenters. The van der Waals surface area contributed by atoms with Crippen LogP contribution in [0, 0.1) is 3.57 Å². The molecule has 0 heterocycles. The van der Waals surface area contributed by atoms with Gasteiger partial charge in [0, 0.05) is 15.6 Å². The quantitative estimate of drug-likeness (QED) is 0.207. The number of halogens is 3. The monoisotopic (exact) mass is 540 g/mol. The van der Waals surface area contributed by atoms with Crippen molar-refractivity contribution < 1.29 is 9.47 Å². The van der Waals surface area contributed by atoms with Crippen molar-refractivity contribution in [3.8, 4) is 11.5 Å². The maximum absolute atomic E-state index is 6.21. The van der Waals surface area contributed by atoms with Crippen LogP contribution >= 0.6 is 45.8 Å². The molecule has 0 saturated heterocycles. The first kappa shape index (κ1) is 21.7. The fourth-order valence-corrected chi connectivity index (χ4v) is 3.68. The molecule has 7 heteroatoms. The predicted octanol–water partition coefficient (Wildman–Crippen LogP) is 6.31. The molecule has 0 aliphatic rings. The Morgan fingerprint density at radius 2 is 1.83 bits per heavy atom. The first-order valence-electron chi connectivity index (χ1n) is 8.81. The van der Waals surface area contributed by atoms with Crippen LogP contribution in [0.5, 0.6) is 11.5 Å². The van der Waals surface area contributed by atoms with Crippen molar-refractivity contribution in [1.29, 1.82) is 0 Å². The molecule has 3 rings (SSSR count). The minimum atomic E-state index is 0.363. The molecule has 29 heavy (non-hydrogen) atoms. The second-order valence-corrected chi connectivity index (χ2v) is 8.14. The van der Waals surface area contributed by atoms with Gasteiger partial charge in [-0.25, -0.2) is 0 Å². The lowest BCUT2D eigenvalue weighted by Crippen LogP contribution is -2.06. The van der Waals surface area contributed by atoms with Gasteiger partial charge in [-0.15, -0.1) is 0 Å². The molecule has 0 radical (unpaired) electrons. The lowest BCUT2D eigenvalue weighted by molar-refractivity contribution is 0.282. The van der Waals surface area contributed by atoms with Crippen LogP contribution in [0.25, 0.3) is 0 Å². The van der Waals surface area contributed by atoms with Crippen molar-refractivity contribution in [3.05, 3.63) is 91.0 Å². The number of methoxy groups -OCH3 is 1. The van der Waals surface area contributed by atoms with Crippen LogP contribution in [0.4, 0.5) is 0 Å². The number of ether oxygens (including phenoxy) is 2. The zero-order valence-corrected chi connectivity index (χ0v) is 19.3. The molecule has 0 fully saturated rings. The van der Waals surface area contributed by atoms with E-state index in [0.29, 0.717) is 29.7 Å². The Bertz CT molecular complexity index is 995. The van der Waals surface area contributed by atoms with Crippen LogP contribution < -0.4 is 14.9 Å². The molecule has 0 atom stereocenters. The zero-order chi connectivity index (χ0) is 20.6. The van der Waals surface area contributed by atoms with Gasteiger partial charge in [-0.2, -0.15) is 5.10 Å². The highest BCUT2D eigenvalue weighted by molar-refractivity contribution is 14.1. The number of rotatable bonds is 8. The van der Waals surface area contributed by atoms with Crippen molar-refractivity contribution in [3.63, 3.8) is 0 Å². The van der Waals surface area contributed by atoms with Gasteiger partial charge in [-0.3, -0.25) is 0 Å². The van der Waals surface area contributed by atoms with Crippen molar-refractivity contribution in [2.75, 3.05) is 7.11 Å². The Kier molecular flexibility index (Phi) is 8.03. The Morgan fingerprint density at radius 3 is 2.55 bits per heavy atom. The third-order valence-electron chi connectivity index (χ3n) is 4.08. The molecule has 150 valence electrons. The van der Waals surface area contributed by atoms with Crippen LogP contribution in [-0.4, -0.2) is 13.3 Å². The number of hydrogen-bond acceptors (Lipinski definition) is 4. The summed E-state index contributed by atoms with van der Waals surface area (Å²) >= 11 is 14.3. The van der Waals surface area contributed by atoms with Crippen molar-refractivity contribution in [1.82, 2.24) is 5.43 Å². The Morgan fingerprint density at radius 1 is 1.07 bits per heavy atom. The third-order valence-corrected chi connectivity index (χ3v) is 5.50. The summed E-state index contributed by atoms with van der Waals surface area (Å²) in [5, 5.41) is 5.68. The van der Waals surface area contributed by atoms with E-state index in [-0.39, 0.29) is 0 Å². The molecule has 0 amide bonds. The topological polar surface area (TPSA) is 42.8 Å². The Labute approximate surface area is 194 Å². The van der Waals surface area contributed by atoms with Gasteiger partial charge in [0.15, 0.2) is 11.5 Å². The maximum atomic E-state index is 6.21. The van der Waals surface area contributed by atoms with Gasteiger partial charge in [0.2, 0.25) is 0 Å². The van der Waals surface area contributed by atoms with Crippen molar-refractivity contribution in [2.45, 2.75) is 13.2 Å². The van der Waals surface area contributed by atoms with Crippen LogP contribution in [0.15, 0.2) is 65.8 Å². The predicted molar refractivity (Wildman–Crippen MR) is 127 cm³/mol. The second-order valence-electron chi connectivity index (χ2n) is 6.13. The molecule has 3 aromatic rings. The summed E-state index contributed by atoms with van der Waals surface area (Å²) in [6.07, 6.45) is 1.75. The Hall–Kier alpha value is -1.96. The molecular weight excluding hydrogens is 522 g/mol. The molecule has 0 aliphatic heterocycles. The summed E-state index contributed by atoms with van der Waals surface area (Å²) in [7, 11) is 1.62. The summed E-state index contributed by atoms with van der Waals surface area (Å²) in [6, 6.07) is 19.1. The molecule has 0 bridgehead atoms. The molecule has 0 spiro atoms. The van der Waals surface area contributed by atoms with Crippen molar-refractivity contribution >= 4 is 52.0 Å². The normalized spacial score (nSPS) is 10.9. The van der Waals surface area contributed by atoms with Gasteiger partial charge in [0.25, 0.3) is 0 Å². The Balaban J connectivity index is 1.65. The first-order valence-corrected chi connectivity index (χ1v) is 10.6. The summed E-state index contributed by atoms with van der Waals surface area (Å²) in [6.45, 7) is 0.975. The van der Waals surface area contributed by atoms with E-state index in [1.807, 2.05) is 60.7 Å². The summed E-state index contributed by atoms with van der Waals surface area (Å²) < 4.78 is 12.4. The van der Waals surface area contributed by atoms with Crippen LogP contribution in [0.1, 0.15) is 16.7 Å². The summed E-state index contributed by atoms with van der Waals surface area (Å²) in [5.41, 5.74) is 5.95. The highest BCUT2D eigenvalue weighted by Crippen LogP contribution is 2.34. The molecule has 0 aromatic heterocycles. The number of nitrogens with zero attached hydrogens (tertiary/aromatic N) is 1. The van der Waals surface area contributed by atoms with E-state index in [0.717, 1.165) is 25.3 Å². The first-order chi connectivity index (χ1) is 14.1. The molecular formula is C22H19Cl2IN2O2. The molecule has 4 nitrogen and oxygen atoms in total. The van der Waals surface area contributed by atoms with Gasteiger partial charge < -0.3 is 14.9 Å². The minimum Gasteiger partial charge on any atom is -0.493 e. The molecule has 3 aromatic carbocycles. The van der Waals surface area contributed by atoms with E-state index in [1.54, 1.807) is 13.3 Å². The number of benzene rings is 3. The van der Waals surface area contributed by atoms with E-state index in [9.17, 15) is 0 Å². The summed E-state index contributed by atoms with van der Waals surface area (Å²) in [4.78, 5) is 0. The third kappa shape index (κ3) is 6.26. The molecule has 0 saturated carbocycles. The van der Waals surface area contributed by atoms with Crippen molar-refractivity contribution in [2.24, 2.45) is 5.10 Å².